The fourth-order valence-corrected chi connectivity index (χ4v) is 8.10. The Bertz CT molecular complexity index is 2970. The number of hydrogen-bond donors (Lipinski definition) is 0. The minimum absolute atomic E-state index is 0.598. The quantitative estimate of drug-likeness (QED) is 0.182. The molecule has 0 bridgehead atoms. The monoisotopic (exact) mass is 675 g/mol. The van der Waals surface area contributed by atoms with E-state index in [0.717, 1.165) is 44.0 Å². The molecule has 11 rings (SSSR count). The van der Waals surface area contributed by atoms with Crippen LogP contribution >= 0.6 is 0 Å². The number of benzene rings is 8. The van der Waals surface area contributed by atoms with E-state index in [1.807, 2.05) is 54.6 Å². The van der Waals surface area contributed by atoms with Crippen LogP contribution in [0.1, 0.15) is 0 Å². The zero-order chi connectivity index (χ0) is 34.9. The van der Waals surface area contributed by atoms with Crippen molar-refractivity contribution in [2.24, 2.45) is 0 Å². The second-order valence-electron chi connectivity index (χ2n) is 13.5. The van der Waals surface area contributed by atoms with Crippen molar-refractivity contribution in [1.29, 1.82) is 0 Å². The minimum atomic E-state index is 0.598. The average molecular weight is 676 g/mol. The highest BCUT2D eigenvalue weighted by molar-refractivity contribution is 6.23. The molecule has 0 fully saturated rings. The number of para-hydroxylation sites is 1. The number of fused-ring (bicyclic) bond motifs is 6. The minimum Gasteiger partial charge on any atom is -0.456 e. The van der Waals surface area contributed by atoms with E-state index in [9.17, 15) is 0 Å². The van der Waals surface area contributed by atoms with Crippen LogP contribution in [0.5, 0.6) is 0 Å². The third-order valence-electron chi connectivity index (χ3n) is 10.5. The van der Waals surface area contributed by atoms with Gasteiger partial charge in [-0.25, -0.2) is 15.0 Å². The van der Waals surface area contributed by atoms with Gasteiger partial charge in [0.2, 0.25) is 0 Å². The van der Waals surface area contributed by atoms with Crippen molar-refractivity contribution >= 4 is 32.7 Å². The van der Waals surface area contributed by atoms with Gasteiger partial charge in [-0.2, -0.15) is 0 Å². The first-order valence-electron chi connectivity index (χ1n) is 17.9. The van der Waals surface area contributed by atoms with Gasteiger partial charge in [-0.05, 0) is 79.5 Å². The highest BCUT2D eigenvalue weighted by Gasteiger charge is 2.29. The fourth-order valence-electron chi connectivity index (χ4n) is 8.10. The standard InChI is InChI=1S/C49H29N3O/c1-4-13-30(14-5-1)34-25-26-35(31-15-6-2-7-16-31)46-41-28-27-39(38-20-12-21-40(44(38)41)45(34)46)49-51-47(32-17-8-3-9-18-32)50-48(52-49)33-23-24-37-36-19-10-11-22-42(36)53-43(37)29-33/h1-29H. The number of aromatic nitrogens is 3. The lowest BCUT2D eigenvalue weighted by Crippen LogP contribution is -2.00. The summed E-state index contributed by atoms with van der Waals surface area (Å²) in [6.45, 7) is 0. The number of nitrogens with zero attached hydrogens (tertiary/aromatic N) is 3. The van der Waals surface area contributed by atoms with Crippen molar-refractivity contribution in [1.82, 2.24) is 15.0 Å². The van der Waals surface area contributed by atoms with Crippen LogP contribution in [0.15, 0.2) is 180 Å². The molecule has 10 aromatic rings. The lowest BCUT2D eigenvalue weighted by molar-refractivity contribution is 0.669. The van der Waals surface area contributed by atoms with Gasteiger partial charge >= 0.3 is 0 Å². The van der Waals surface area contributed by atoms with E-state index in [1.165, 1.54) is 49.9 Å². The van der Waals surface area contributed by atoms with Gasteiger partial charge in [-0.3, -0.25) is 0 Å². The molecule has 1 aliphatic rings. The van der Waals surface area contributed by atoms with Gasteiger partial charge in [0.05, 0.1) is 0 Å². The van der Waals surface area contributed by atoms with Crippen molar-refractivity contribution in [3.8, 4) is 78.7 Å². The Morgan fingerprint density at radius 3 is 1.51 bits per heavy atom. The van der Waals surface area contributed by atoms with Crippen LogP contribution in [-0.2, 0) is 0 Å². The highest BCUT2D eigenvalue weighted by atomic mass is 16.3. The summed E-state index contributed by atoms with van der Waals surface area (Å²) in [5, 5.41) is 4.49. The summed E-state index contributed by atoms with van der Waals surface area (Å²) >= 11 is 0. The summed E-state index contributed by atoms with van der Waals surface area (Å²) < 4.78 is 6.28. The maximum atomic E-state index is 6.28. The molecule has 2 aromatic heterocycles. The summed E-state index contributed by atoms with van der Waals surface area (Å²) in [5.74, 6) is 1.85. The lowest BCUT2D eigenvalue weighted by atomic mass is 9.88. The molecule has 0 unspecified atom stereocenters. The van der Waals surface area contributed by atoms with Crippen LogP contribution < -0.4 is 0 Å². The summed E-state index contributed by atoms with van der Waals surface area (Å²) in [4.78, 5) is 15.4. The normalized spacial score (nSPS) is 11.8. The van der Waals surface area contributed by atoms with E-state index in [1.54, 1.807) is 0 Å². The van der Waals surface area contributed by atoms with Crippen LogP contribution in [0.25, 0.3) is 111 Å². The Labute approximate surface area is 305 Å². The first kappa shape index (κ1) is 29.5. The summed E-state index contributed by atoms with van der Waals surface area (Å²) in [7, 11) is 0. The van der Waals surface area contributed by atoms with Gasteiger partial charge in [-0.15, -0.1) is 0 Å². The Hall–Kier alpha value is -7.17. The second kappa shape index (κ2) is 11.7. The third-order valence-corrected chi connectivity index (χ3v) is 10.5. The van der Waals surface area contributed by atoms with E-state index in [-0.39, 0.29) is 0 Å². The molecule has 0 saturated heterocycles. The molecule has 246 valence electrons. The molecule has 4 nitrogen and oxygen atoms in total. The Kier molecular flexibility index (Phi) is 6.52. The molecule has 0 aliphatic heterocycles. The van der Waals surface area contributed by atoms with Gasteiger partial charge in [0.15, 0.2) is 17.5 Å². The van der Waals surface area contributed by atoms with Crippen LogP contribution in [0, 0.1) is 0 Å². The Morgan fingerprint density at radius 2 is 0.811 bits per heavy atom. The SMILES string of the molecule is c1ccc(-c2nc(-c3ccc4c(c3)oc3ccccc34)nc(-c3ccc4c5c(cccc35)-c3c(-c5ccccc5)ccc(-c5ccccc5)c3-4)n2)cc1. The molecule has 53 heavy (non-hydrogen) atoms. The number of hydrogen-bond acceptors (Lipinski definition) is 4. The Balaban J connectivity index is 1.15. The van der Waals surface area contributed by atoms with Gasteiger partial charge < -0.3 is 4.42 Å². The van der Waals surface area contributed by atoms with Crippen molar-refractivity contribution in [3.05, 3.63) is 176 Å². The molecule has 4 heteroatoms. The molecule has 0 amide bonds. The first-order valence-corrected chi connectivity index (χ1v) is 17.9. The molecular weight excluding hydrogens is 647 g/mol. The highest BCUT2D eigenvalue weighted by Crippen LogP contribution is 2.55. The molecule has 2 heterocycles. The zero-order valence-electron chi connectivity index (χ0n) is 28.5. The summed E-state index contributed by atoms with van der Waals surface area (Å²) in [6.07, 6.45) is 0. The molecule has 0 radical (unpaired) electrons. The molecule has 0 atom stereocenters. The number of rotatable bonds is 5. The molecular formula is C49H29N3O. The summed E-state index contributed by atoms with van der Waals surface area (Å²) in [6, 6.07) is 61.6. The smallest absolute Gasteiger partial charge is 0.164 e. The molecule has 0 spiro atoms. The van der Waals surface area contributed by atoms with E-state index in [4.69, 9.17) is 19.4 Å². The topological polar surface area (TPSA) is 51.8 Å². The van der Waals surface area contributed by atoms with Crippen LogP contribution in [0.2, 0.25) is 0 Å². The first-order chi connectivity index (χ1) is 26.3. The van der Waals surface area contributed by atoms with E-state index in [0.29, 0.717) is 17.5 Å². The lowest BCUT2D eigenvalue weighted by Gasteiger charge is -2.15. The van der Waals surface area contributed by atoms with Crippen molar-refractivity contribution < 1.29 is 4.42 Å². The predicted molar refractivity (Wildman–Crippen MR) is 216 cm³/mol. The predicted octanol–water partition coefficient (Wildman–Crippen LogP) is 12.9. The Morgan fingerprint density at radius 1 is 0.302 bits per heavy atom. The zero-order valence-corrected chi connectivity index (χ0v) is 28.5. The average Bonchev–Trinajstić information content (AvgIpc) is 3.78. The molecule has 0 N–H and O–H groups in total. The van der Waals surface area contributed by atoms with E-state index >= 15 is 0 Å². The van der Waals surface area contributed by atoms with Crippen LogP contribution in [0.3, 0.4) is 0 Å². The maximum absolute atomic E-state index is 6.28. The van der Waals surface area contributed by atoms with Crippen LogP contribution in [-0.4, -0.2) is 15.0 Å². The fraction of sp³-hybridized carbons (Fsp3) is 0. The van der Waals surface area contributed by atoms with Crippen molar-refractivity contribution in [2.75, 3.05) is 0 Å². The van der Waals surface area contributed by atoms with Gasteiger partial charge in [-0.1, -0.05) is 152 Å². The maximum Gasteiger partial charge on any atom is 0.164 e. The summed E-state index contributed by atoms with van der Waals surface area (Å²) in [5.41, 5.74) is 14.2. The largest absolute Gasteiger partial charge is 0.456 e. The van der Waals surface area contributed by atoms with Crippen molar-refractivity contribution in [2.45, 2.75) is 0 Å². The van der Waals surface area contributed by atoms with Crippen molar-refractivity contribution in [3.63, 3.8) is 0 Å². The van der Waals surface area contributed by atoms with Crippen LogP contribution in [0.4, 0.5) is 0 Å². The van der Waals surface area contributed by atoms with Gasteiger partial charge in [0, 0.05) is 27.5 Å². The third kappa shape index (κ3) is 4.66. The molecule has 8 aromatic carbocycles. The van der Waals surface area contributed by atoms with Gasteiger partial charge in [0.1, 0.15) is 11.2 Å². The van der Waals surface area contributed by atoms with E-state index < -0.39 is 0 Å². The van der Waals surface area contributed by atoms with E-state index in [2.05, 4.69) is 121 Å². The molecule has 1 aliphatic carbocycles. The number of furan rings is 1. The molecule has 0 saturated carbocycles. The second-order valence-corrected chi connectivity index (χ2v) is 13.5. The van der Waals surface area contributed by atoms with Gasteiger partial charge in [0.25, 0.3) is 0 Å².